The second-order valence-corrected chi connectivity index (χ2v) is 6.10. The zero-order chi connectivity index (χ0) is 19.2. The number of hydrogen-bond acceptors (Lipinski definition) is 5. The van der Waals surface area contributed by atoms with E-state index in [0.717, 1.165) is 23.9 Å². The maximum atomic E-state index is 12.5. The molecule has 2 aromatic rings. The van der Waals surface area contributed by atoms with Crippen molar-refractivity contribution in [3.63, 3.8) is 0 Å². The molecule has 2 rings (SSSR count). The topological polar surface area (TPSA) is 59.3 Å². The first-order chi connectivity index (χ1) is 12.3. The molecule has 1 unspecified atom stereocenters. The number of rotatable bonds is 6. The van der Waals surface area contributed by atoms with Crippen LogP contribution in [0.4, 0.5) is 13.2 Å². The number of thioether (sulfide) groups is 1. The van der Waals surface area contributed by atoms with Crippen LogP contribution in [0.1, 0.15) is 12.5 Å². The monoisotopic (exact) mass is 381 g/mol. The second kappa shape index (κ2) is 8.63. The molecule has 0 aliphatic heterocycles. The second-order valence-electron chi connectivity index (χ2n) is 5.12. The molecule has 4 nitrogen and oxygen atoms in total. The van der Waals surface area contributed by atoms with Crippen molar-refractivity contribution in [2.24, 2.45) is 0 Å². The molecule has 0 radical (unpaired) electrons. The zero-order valence-corrected chi connectivity index (χ0v) is 14.4. The molecule has 0 saturated heterocycles. The van der Waals surface area contributed by atoms with Crippen LogP contribution in [0.2, 0.25) is 0 Å². The molecule has 0 amide bonds. The van der Waals surface area contributed by atoms with E-state index >= 15 is 0 Å². The van der Waals surface area contributed by atoms with Crippen LogP contribution in [0.15, 0.2) is 48.5 Å². The molecule has 8 heteroatoms. The highest BCUT2D eigenvalue weighted by Gasteiger charge is 2.30. The zero-order valence-electron chi connectivity index (χ0n) is 13.6. The average molecular weight is 381 g/mol. The number of carbonyl (C=O) groups excluding carboxylic acids is 1. The van der Waals surface area contributed by atoms with E-state index in [1.165, 1.54) is 12.1 Å². The molecule has 0 bridgehead atoms. The van der Waals surface area contributed by atoms with Gasteiger partial charge in [-0.15, -0.1) is 0 Å². The molecular formula is C18H14F3NO3S. The molecule has 0 spiro atoms. The van der Waals surface area contributed by atoms with Gasteiger partial charge in [-0.2, -0.15) is 18.4 Å². The van der Waals surface area contributed by atoms with Crippen molar-refractivity contribution < 1.29 is 27.4 Å². The van der Waals surface area contributed by atoms with Gasteiger partial charge in [0.15, 0.2) is 6.10 Å². The van der Waals surface area contributed by atoms with E-state index < -0.39 is 17.8 Å². The SMILES string of the molecule is CC(Oc1ccc(Oc2ccc(C(F)(F)F)cc2)cc1)C(=O)SCC#N. The van der Waals surface area contributed by atoms with E-state index in [0.29, 0.717) is 11.5 Å². The summed E-state index contributed by atoms with van der Waals surface area (Å²) in [6, 6.07) is 12.5. The van der Waals surface area contributed by atoms with Crippen LogP contribution in [0, 0.1) is 11.3 Å². The lowest BCUT2D eigenvalue weighted by atomic mass is 10.2. The molecular weight excluding hydrogens is 367 g/mol. The van der Waals surface area contributed by atoms with E-state index in [9.17, 15) is 18.0 Å². The van der Waals surface area contributed by atoms with Gasteiger partial charge in [-0.1, -0.05) is 11.8 Å². The minimum atomic E-state index is -4.39. The molecule has 0 saturated carbocycles. The predicted octanol–water partition coefficient (Wildman–Crippen LogP) is 5.05. The molecule has 26 heavy (non-hydrogen) atoms. The number of carbonyl (C=O) groups is 1. The lowest BCUT2D eigenvalue weighted by Gasteiger charge is -2.13. The summed E-state index contributed by atoms with van der Waals surface area (Å²) in [4.78, 5) is 11.7. The molecule has 1 atom stereocenters. The van der Waals surface area contributed by atoms with Crippen LogP contribution in [-0.2, 0) is 11.0 Å². The van der Waals surface area contributed by atoms with Crippen LogP contribution in [0.25, 0.3) is 0 Å². The predicted molar refractivity (Wildman–Crippen MR) is 91.1 cm³/mol. The Kier molecular flexibility index (Phi) is 6.52. The Labute approximate surface area is 152 Å². The molecule has 136 valence electrons. The first-order valence-electron chi connectivity index (χ1n) is 7.45. The van der Waals surface area contributed by atoms with Crippen LogP contribution < -0.4 is 9.47 Å². The fourth-order valence-electron chi connectivity index (χ4n) is 1.91. The maximum Gasteiger partial charge on any atom is 0.416 e. The van der Waals surface area contributed by atoms with Crippen molar-refractivity contribution in [2.75, 3.05) is 5.75 Å². The largest absolute Gasteiger partial charge is 0.482 e. The quantitative estimate of drug-likeness (QED) is 0.701. The summed E-state index contributed by atoms with van der Waals surface area (Å²) in [5.74, 6) is 1.17. The van der Waals surface area contributed by atoms with E-state index in [2.05, 4.69) is 0 Å². The van der Waals surface area contributed by atoms with Gasteiger partial charge in [-0.3, -0.25) is 4.79 Å². The van der Waals surface area contributed by atoms with E-state index in [1.807, 2.05) is 6.07 Å². The molecule has 2 aromatic carbocycles. The Morgan fingerprint density at radius 2 is 1.58 bits per heavy atom. The Balaban J connectivity index is 1.95. The number of halogens is 3. The summed E-state index contributed by atoms with van der Waals surface area (Å²) in [7, 11) is 0. The Bertz CT molecular complexity index is 783. The van der Waals surface area contributed by atoms with Gasteiger partial charge in [0.2, 0.25) is 5.12 Å². The minimum Gasteiger partial charge on any atom is -0.482 e. The number of benzene rings is 2. The first kappa shape index (κ1) is 19.7. The van der Waals surface area contributed by atoms with Crippen LogP contribution in [0.5, 0.6) is 17.2 Å². The van der Waals surface area contributed by atoms with E-state index in [1.54, 1.807) is 31.2 Å². The van der Waals surface area contributed by atoms with Crippen LogP contribution >= 0.6 is 11.8 Å². The first-order valence-corrected chi connectivity index (χ1v) is 8.43. The highest BCUT2D eigenvalue weighted by molar-refractivity contribution is 8.13. The molecule has 0 N–H and O–H groups in total. The molecule has 0 heterocycles. The maximum absolute atomic E-state index is 12.5. The fraction of sp³-hybridized carbons (Fsp3) is 0.222. The van der Waals surface area contributed by atoms with Gasteiger partial charge >= 0.3 is 6.18 Å². The summed E-state index contributed by atoms with van der Waals surface area (Å²) in [5, 5.41) is 8.21. The normalized spacial score (nSPS) is 12.1. The molecule has 0 aromatic heterocycles. The van der Waals surface area contributed by atoms with Crippen molar-refractivity contribution in [3.8, 4) is 23.3 Å². The van der Waals surface area contributed by atoms with E-state index in [-0.39, 0.29) is 16.6 Å². The van der Waals surface area contributed by atoms with Gasteiger partial charge < -0.3 is 9.47 Å². The molecule has 0 fully saturated rings. The van der Waals surface area contributed by atoms with Gasteiger partial charge in [-0.25, -0.2) is 0 Å². The lowest BCUT2D eigenvalue weighted by molar-refractivity contribution is -0.137. The minimum absolute atomic E-state index is 0.0619. The van der Waals surface area contributed by atoms with Gasteiger partial charge in [0, 0.05) is 0 Å². The smallest absolute Gasteiger partial charge is 0.416 e. The number of ether oxygens (including phenoxy) is 2. The van der Waals surface area contributed by atoms with Crippen molar-refractivity contribution in [2.45, 2.75) is 19.2 Å². The van der Waals surface area contributed by atoms with Gasteiger partial charge in [0.05, 0.1) is 17.4 Å². The van der Waals surface area contributed by atoms with Crippen molar-refractivity contribution in [1.29, 1.82) is 5.26 Å². The Morgan fingerprint density at radius 3 is 2.08 bits per heavy atom. The third-order valence-corrected chi connectivity index (χ3v) is 4.05. The summed E-state index contributed by atoms with van der Waals surface area (Å²) >= 11 is 0.882. The number of alkyl halides is 3. The Hall–Kier alpha value is -2.66. The lowest BCUT2D eigenvalue weighted by Crippen LogP contribution is -2.21. The number of nitriles is 1. The summed E-state index contributed by atoms with van der Waals surface area (Å²) in [6.45, 7) is 1.58. The standard InChI is InChI=1S/C18H14F3NO3S/c1-12(17(23)26-11-10-22)24-14-6-8-16(9-7-14)25-15-4-2-13(3-5-15)18(19,20)21/h2-9,12H,11H2,1H3. The summed E-state index contributed by atoms with van der Waals surface area (Å²) in [6.07, 6.45) is -5.10. The summed E-state index contributed by atoms with van der Waals surface area (Å²) in [5.41, 5.74) is -0.749. The van der Waals surface area contributed by atoms with Gasteiger partial charge in [0.25, 0.3) is 0 Å². The highest BCUT2D eigenvalue weighted by atomic mass is 32.2. The third kappa shape index (κ3) is 5.70. The molecule has 0 aliphatic rings. The summed E-state index contributed by atoms with van der Waals surface area (Å²) < 4.78 is 48.5. The number of nitrogens with zero attached hydrogens (tertiary/aromatic N) is 1. The highest BCUT2D eigenvalue weighted by Crippen LogP contribution is 2.31. The van der Waals surface area contributed by atoms with Crippen molar-refractivity contribution in [1.82, 2.24) is 0 Å². The van der Waals surface area contributed by atoms with Crippen molar-refractivity contribution in [3.05, 3.63) is 54.1 Å². The van der Waals surface area contributed by atoms with Crippen molar-refractivity contribution >= 4 is 16.9 Å². The Morgan fingerprint density at radius 1 is 1.08 bits per heavy atom. The number of hydrogen-bond donors (Lipinski definition) is 0. The van der Waals surface area contributed by atoms with Gasteiger partial charge in [-0.05, 0) is 55.5 Å². The van der Waals surface area contributed by atoms with Crippen LogP contribution in [-0.4, -0.2) is 17.0 Å². The third-order valence-electron chi connectivity index (χ3n) is 3.16. The average Bonchev–Trinajstić information content (AvgIpc) is 2.61. The van der Waals surface area contributed by atoms with E-state index in [4.69, 9.17) is 14.7 Å². The fourth-order valence-corrected chi connectivity index (χ4v) is 2.40. The van der Waals surface area contributed by atoms with Gasteiger partial charge in [0.1, 0.15) is 17.2 Å². The van der Waals surface area contributed by atoms with Crippen LogP contribution in [0.3, 0.4) is 0 Å². The molecule has 0 aliphatic carbocycles.